The van der Waals surface area contributed by atoms with Crippen molar-refractivity contribution in [3.63, 3.8) is 0 Å². The monoisotopic (exact) mass is 314 g/mol. The molecule has 1 aromatic rings. The average molecular weight is 316 g/mol. The number of anilines is 1. The first-order valence-electron chi connectivity index (χ1n) is 5.43. The number of nitrogens with zero attached hydrogens (tertiary/aromatic N) is 1. The van der Waals surface area contributed by atoms with E-state index in [2.05, 4.69) is 48.1 Å². The minimum absolute atomic E-state index is 0.122. The third-order valence-corrected chi connectivity index (χ3v) is 3.45. The lowest BCUT2D eigenvalue weighted by molar-refractivity contribution is 0.370. The maximum Gasteiger partial charge on any atom is 0.114 e. The summed E-state index contributed by atoms with van der Waals surface area (Å²) in [7, 11) is 0. The molecule has 2 nitrogen and oxygen atoms in total. The zero-order valence-electron chi connectivity index (χ0n) is 10.2. The minimum Gasteiger partial charge on any atom is -0.370 e. The number of nitriles is 1. The van der Waals surface area contributed by atoms with Gasteiger partial charge in [-0.05, 0) is 46.0 Å². The Balaban J connectivity index is 2.75. The van der Waals surface area contributed by atoms with E-state index < -0.39 is 0 Å². The molecule has 1 unspecified atom stereocenters. The molecule has 0 heterocycles. The van der Waals surface area contributed by atoms with Crippen LogP contribution in [-0.2, 0) is 0 Å². The molecule has 92 valence electrons. The summed E-state index contributed by atoms with van der Waals surface area (Å²) in [6.07, 6.45) is 0.795. The maximum absolute atomic E-state index is 9.12. The fourth-order valence-corrected chi connectivity index (χ4v) is 2.02. The molecule has 0 spiro atoms. The Morgan fingerprint density at radius 3 is 2.59 bits per heavy atom. The van der Waals surface area contributed by atoms with Crippen LogP contribution < -0.4 is 5.32 Å². The van der Waals surface area contributed by atoms with E-state index in [1.165, 1.54) is 0 Å². The lowest BCUT2D eigenvalue weighted by atomic mass is 9.88. The van der Waals surface area contributed by atoms with Crippen LogP contribution in [0.25, 0.3) is 0 Å². The Hall–Kier alpha value is -0.720. The number of rotatable bonds is 3. The summed E-state index contributed by atoms with van der Waals surface area (Å²) >= 11 is 9.28. The standard InChI is InChI=1S/C13H16BrClN2/c1-13(2,3)7-10(8-16)17-9-4-5-12(15)11(14)6-9/h4-6,10,17H,7H2,1-3H3. The summed E-state index contributed by atoms with van der Waals surface area (Å²) in [5.41, 5.74) is 1.02. The highest BCUT2D eigenvalue weighted by atomic mass is 79.9. The molecule has 0 aliphatic rings. The van der Waals surface area contributed by atoms with Crippen molar-refractivity contribution in [2.45, 2.75) is 33.2 Å². The van der Waals surface area contributed by atoms with E-state index in [1.54, 1.807) is 6.07 Å². The first-order valence-corrected chi connectivity index (χ1v) is 6.60. The number of hydrogen-bond donors (Lipinski definition) is 1. The van der Waals surface area contributed by atoms with Crippen LogP contribution in [0.1, 0.15) is 27.2 Å². The van der Waals surface area contributed by atoms with Crippen molar-refractivity contribution < 1.29 is 0 Å². The van der Waals surface area contributed by atoms with E-state index in [-0.39, 0.29) is 11.5 Å². The SMILES string of the molecule is CC(C)(C)CC(C#N)Nc1ccc(Cl)c(Br)c1. The van der Waals surface area contributed by atoms with Crippen molar-refractivity contribution in [3.05, 3.63) is 27.7 Å². The average Bonchev–Trinajstić information content (AvgIpc) is 2.20. The third-order valence-electron chi connectivity index (χ3n) is 2.23. The molecule has 17 heavy (non-hydrogen) atoms. The topological polar surface area (TPSA) is 35.8 Å². The van der Waals surface area contributed by atoms with Gasteiger partial charge in [0.1, 0.15) is 6.04 Å². The van der Waals surface area contributed by atoms with Crippen LogP contribution in [0.4, 0.5) is 5.69 Å². The van der Waals surface area contributed by atoms with Crippen LogP contribution >= 0.6 is 27.5 Å². The molecule has 0 amide bonds. The van der Waals surface area contributed by atoms with Gasteiger partial charge in [-0.2, -0.15) is 5.26 Å². The second kappa shape index (κ2) is 5.75. The van der Waals surface area contributed by atoms with E-state index in [4.69, 9.17) is 16.9 Å². The molecule has 0 fully saturated rings. The first-order chi connectivity index (χ1) is 7.81. The van der Waals surface area contributed by atoms with Gasteiger partial charge in [0.25, 0.3) is 0 Å². The first kappa shape index (κ1) is 14.3. The predicted octanol–water partition coefficient (Wildman–Crippen LogP) is 4.84. The Morgan fingerprint density at radius 1 is 1.47 bits per heavy atom. The van der Waals surface area contributed by atoms with Crippen LogP contribution in [0.2, 0.25) is 5.02 Å². The highest BCUT2D eigenvalue weighted by molar-refractivity contribution is 9.10. The van der Waals surface area contributed by atoms with Crippen molar-refractivity contribution in [2.24, 2.45) is 5.41 Å². The summed E-state index contributed by atoms with van der Waals surface area (Å²) in [5.74, 6) is 0. The molecule has 0 bridgehead atoms. The van der Waals surface area contributed by atoms with Crippen molar-refractivity contribution in [3.8, 4) is 6.07 Å². The van der Waals surface area contributed by atoms with Crippen molar-refractivity contribution in [1.29, 1.82) is 5.26 Å². The third kappa shape index (κ3) is 4.97. The molecule has 1 atom stereocenters. The van der Waals surface area contributed by atoms with Gasteiger partial charge in [0, 0.05) is 10.2 Å². The molecule has 1 rings (SSSR count). The van der Waals surface area contributed by atoms with Gasteiger partial charge in [0.05, 0.1) is 11.1 Å². The van der Waals surface area contributed by atoms with Gasteiger partial charge in [-0.3, -0.25) is 0 Å². The summed E-state index contributed by atoms with van der Waals surface area (Å²) in [5, 5.41) is 13.0. The molecule has 1 aromatic carbocycles. The van der Waals surface area contributed by atoms with Gasteiger partial charge < -0.3 is 5.32 Å². The highest BCUT2D eigenvalue weighted by Crippen LogP contribution is 2.27. The maximum atomic E-state index is 9.12. The molecule has 0 radical (unpaired) electrons. The normalized spacial score (nSPS) is 12.9. The second-order valence-electron chi connectivity index (χ2n) is 5.22. The molecular formula is C13H16BrClN2. The predicted molar refractivity (Wildman–Crippen MR) is 76.2 cm³/mol. The molecule has 1 N–H and O–H groups in total. The molecule has 0 aliphatic heterocycles. The van der Waals surface area contributed by atoms with Crippen LogP contribution in [0.5, 0.6) is 0 Å². The summed E-state index contributed by atoms with van der Waals surface area (Å²) in [4.78, 5) is 0. The Morgan fingerprint density at radius 2 is 2.12 bits per heavy atom. The fourth-order valence-electron chi connectivity index (χ4n) is 1.53. The zero-order chi connectivity index (χ0) is 13.1. The summed E-state index contributed by atoms with van der Waals surface area (Å²) in [6, 6.07) is 7.65. The van der Waals surface area contributed by atoms with Crippen LogP contribution in [0.15, 0.2) is 22.7 Å². The lowest BCUT2D eigenvalue weighted by Crippen LogP contribution is -2.24. The Bertz CT molecular complexity index is 432. The summed E-state index contributed by atoms with van der Waals surface area (Å²) < 4.78 is 0.830. The van der Waals surface area contributed by atoms with Gasteiger partial charge in [0.2, 0.25) is 0 Å². The lowest BCUT2D eigenvalue weighted by Gasteiger charge is -2.23. The van der Waals surface area contributed by atoms with E-state index >= 15 is 0 Å². The van der Waals surface area contributed by atoms with E-state index in [9.17, 15) is 0 Å². The molecule has 0 aliphatic carbocycles. The molecule has 0 saturated carbocycles. The Kier molecular flexibility index (Phi) is 4.85. The molecule has 0 aromatic heterocycles. The van der Waals surface area contributed by atoms with Crippen molar-refractivity contribution in [2.75, 3.05) is 5.32 Å². The molecule has 0 saturated heterocycles. The quantitative estimate of drug-likeness (QED) is 0.866. The summed E-state index contributed by atoms with van der Waals surface area (Å²) in [6.45, 7) is 6.37. The Labute approximate surface area is 116 Å². The number of hydrogen-bond acceptors (Lipinski definition) is 2. The zero-order valence-corrected chi connectivity index (χ0v) is 12.6. The highest BCUT2D eigenvalue weighted by Gasteiger charge is 2.18. The van der Waals surface area contributed by atoms with E-state index in [0.717, 1.165) is 16.6 Å². The van der Waals surface area contributed by atoms with Gasteiger partial charge in [-0.25, -0.2) is 0 Å². The van der Waals surface area contributed by atoms with Crippen LogP contribution in [0, 0.1) is 16.7 Å². The molecular weight excluding hydrogens is 300 g/mol. The van der Waals surface area contributed by atoms with Gasteiger partial charge in [0.15, 0.2) is 0 Å². The van der Waals surface area contributed by atoms with E-state index in [0.29, 0.717) is 5.02 Å². The largest absolute Gasteiger partial charge is 0.370 e. The number of benzene rings is 1. The minimum atomic E-state index is -0.192. The van der Waals surface area contributed by atoms with Crippen molar-refractivity contribution >= 4 is 33.2 Å². The van der Waals surface area contributed by atoms with Gasteiger partial charge >= 0.3 is 0 Å². The van der Waals surface area contributed by atoms with E-state index in [1.807, 2.05) is 12.1 Å². The fraction of sp³-hybridized carbons (Fsp3) is 0.462. The van der Waals surface area contributed by atoms with Crippen LogP contribution in [0.3, 0.4) is 0 Å². The van der Waals surface area contributed by atoms with Gasteiger partial charge in [-0.1, -0.05) is 32.4 Å². The second-order valence-corrected chi connectivity index (χ2v) is 6.48. The number of halogens is 2. The smallest absolute Gasteiger partial charge is 0.114 e. The van der Waals surface area contributed by atoms with Crippen molar-refractivity contribution in [1.82, 2.24) is 0 Å². The van der Waals surface area contributed by atoms with Crippen LogP contribution in [-0.4, -0.2) is 6.04 Å². The molecule has 4 heteroatoms. The number of nitrogens with one attached hydrogen (secondary N) is 1. The van der Waals surface area contributed by atoms with Gasteiger partial charge in [-0.15, -0.1) is 0 Å².